The molecule has 0 aliphatic heterocycles. The van der Waals surface area contributed by atoms with Crippen molar-refractivity contribution >= 4 is 17.1 Å². The van der Waals surface area contributed by atoms with Crippen molar-refractivity contribution < 1.29 is 0 Å². The van der Waals surface area contributed by atoms with E-state index in [1.165, 1.54) is 128 Å². The fraction of sp³-hybridized carbons (Fsp3) is 0.236. The zero-order chi connectivity index (χ0) is 38.0. The van der Waals surface area contributed by atoms with E-state index in [1.54, 1.807) is 0 Å². The van der Waals surface area contributed by atoms with Gasteiger partial charge in [0.25, 0.3) is 0 Å². The highest BCUT2D eigenvalue weighted by Gasteiger charge is 2.39. The molecule has 0 unspecified atom stereocenters. The molecule has 1 fully saturated rings. The van der Waals surface area contributed by atoms with E-state index >= 15 is 0 Å². The first-order valence-corrected chi connectivity index (χ1v) is 20.9. The van der Waals surface area contributed by atoms with Crippen LogP contribution in [0.2, 0.25) is 0 Å². The van der Waals surface area contributed by atoms with Crippen LogP contribution in [0.1, 0.15) is 100.0 Å². The zero-order valence-corrected chi connectivity index (χ0v) is 33.3. The third kappa shape index (κ3) is 5.66. The van der Waals surface area contributed by atoms with Crippen LogP contribution in [0.4, 0.5) is 17.1 Å². The lowest BCUT2D eigenvalue weighted by molar-refractivity contribution is 0.592. The summed E-state index contributed by atoms with van der Waals surface area (Å²) in [4.78, 5) is 2.47. The average Bonchev–Trinajstić information content (AvgIpc) is 3.42. The van der Waals surface area contributed by atoms with Crippen molar-refractivity contribution in [3.63, 3.8) is 0 Å². The monoisotopic (exact) mass is 725 g/mol. The van der Waals surface area contributed by atoms with Gasteiger partial charge in [0.2, 0.25) is 0 Å². The molecule has 3 aliphatic carbocycles. The van der Waals surface area contributed by atoms with Crippen LogP contribution in [-0.2, 0) is 10.8 Å². The molecule has 56 heavy (non-hydrogen) atoms. The molecule has 1 saturated carbocycles. The Kier molecular flexibility index (Phi) is 8.40. The maximum Gasteiger partial charge on any atom is 0.0467 e. The molecular formula is C55H51N. The number of hydrogen-bond acceptors (Lipinski definition) is 1. The number of benzene rings is 7. The minimum absolute atomic E-state index is 0.0221. The summed E-state index contributed by atoms with van der Waals surface area (Å²) in [6, 6.07) is 59.7. The number of anilines is 3. The molecule has 1 nitrogen and oxygen atoms in total. The van der Waals surface area contributed by atoms with Gasteiger partial charge < -0.3 is 4.90 Å². The van der Waals surface area contributed by atoms with Gasteiger partial charge in [0.1, 0.15) is 0 Å². The third-order valence-electron chi connectivity index (χ3n) is 13.5. The van der Waals surface area contributed by atoms with E-state index < -0.39 is 0 Å². The van der Waals surface area contributed by atoms with Crippen LogP contribution in [0.3, 0.4) is 0 Å². The Bertz CT molecular complexity index is 2580. The lowest BCUT2D eigenvalue weighted by atomic mass is 9.81. The second-order valence-corrected chi connectivity index (χ2v) is 17.5. The molecule has 0 aromatic heterocycles. The van der Waals surface area contributed by atoms with Gasteiger partial charge in [0, 0.05) is 27.9 Å². The van der Waals surface area contributed by atoms with Gasteiger partial charge in [0.05, 0.1) is 0 Å². The Hall–Kier alpha value is -5.66. The molecular weight excluding hydrogens is 675 g/mol. The summed E-state index contributed by atoms with van der Waals surface area (Å²) in [6.45, 7) is 9.55. The summed E-state index contributed by atoms with van der Waals surface area (Å²) in [5, 5.41) is 0. The van der Waals surface area contributed by atoms with Crippen LogP contribution in [0.25, 0.3) is 44.5 Å². The molecule has 7 aromatic carbocycles. The Labute approximate surface area is 333 Å². The Morgan fingerprint density at radius 3 is 1.82 bits per heavy atom. The molecule has 0 heterocycles. The smallest absolute Gasteiger partial charge is 0.0467 e. The average molecular weight is 726 g/mol. The van der Waals surface area contributed by atoms with Gasteiger partial charge in [-0.25, -0.2) is 0 Å². The fourth-order valence-electron chi connectivity index (χ4n) is 10.5. The van der Waals surface area contributed by atoms with Crippen LogP contribution < -0.4 is 4.90 Å². The minimum atomic E-state index is -0.145. The van der Waals surface area contributed by atoms with Gasteiger partial charge >= 0.3 is 0 Å². The Morgan fingerprint density at radius 1 is 0.393 bits per heavy atom. The number of hydrogen-bond donors (Lipinski definition) is 0. The van der Waals surface area contributed by atoms with E-state index in [2.05, 4.69) is 190 Å². The van der Waals surface area contributed by atoms with Crippen molar-refractivity contribution in [3.8, 4) is 44.5 Å². The number of nitrogens with zero attached hydrogens (tertiary/aromatic N) is 1. The standard InChI is InChI=1S/C55H51N/c1-54(2)49-24-13-12-22-47(49)53-45(23-15-25-51(53)54)41-28-33-50-48(35-41)46-32-31-44(36-52(46)55(50,3)4)56(43-21-14-20-40(34-43)38-18-10-7-11-19-38)42-29-26-39(27-30-42)37-16-8-5-6-9-17-37/h7,10-15,18-37H,5-6,8-9,16-17H2,1-4H3. The molecule has 10 rings (SSSR count). The normalized spacial score (nSPS) is 16.4. The lowest BCUT2D eigenvalue weighted by Crippen LogP contribution is -2.16. The zero-order valence-electron chi connectivity index (χ0n) is 33.3. The highest BCUT2D eigenvalue weighted by molar-refractivity contribution is 5.95. The van der Waals surface area contributed by atoms with Crippen molar-refractivity contribution in [2.75, 3.05) is 4.90 Å². The van der Waals surface area contributed by atoms with Gasteiger partial charge in [-0.2, -0.15) is 0 Å². The maximum atomic E-state index is 2.47. The maximum absolute atomic E-state index is 2.47. The molecule has 276 valence electrons. The van der Waals surface area contributed by atoms with Crippen LogP contribution in [0.5, 0.6) is 0 Å². The van der Waals surface area contributed by atoms with Gasteiger partial charge in [-0.3, -0.25) is 0 Å². The van der Waals surface area contributed by atoms with Gasteiger partial charge in [-0.15, -0.1) is 0 Å². The first kappa shape index (κ1) is 34.8. The molecule has 3 aliphatic rings. The summed E-state index contributed by atoms with van der Waals surface area (Å²) < 4.78 is 0. The first-order valence-electron chi connectivity index (χ1n) is 20.9. The summed E-state index contributed by atoms with van der Waals surface area (Å²) in [6.07, 6.45) is 8.06. The third-order valence-corrected chi connectivity index (χ3v) is 13.5. The number of fused-ring (bicyclic) bond motifs is 6. The molecule has 1 heteroatoms. The van der Waals surface area contributed by atoms with Gasteiger partial charge in [-0.05, 0) is 134 Å². The predicted octanol–water partition coefficient (Wildman–Crippen LogP) is 15.5. The first-order chi connectivity index (χ1) is 27.3. The Balaban J connectivity index is 1.08. The molecule has 0 amide bonds. The molecule has 7 aromatic rings. The highest BCUT2D eigenvalue weighted by Crippen LogP contribution is 2.55. The van der Waals surface area contributed by atoms with E-state index in [0.29, 0.717) is 5.92 Å². The summed E-state index contributed by atoms with van der Waals surface area (Å²) in [7, 11) is 0. The van der Waals surface area contributed by atoms with Crippen LogP contribution >= 0.6 is 0 Å². The minimum Gasteiger partial charge on any atom is -0.310 e. The molecule has 0 atom stereocenters. The van der Waals surface area contributed by atoms with Crippen molar-refractivity contribution in [2.45, 2.75) is 83.0 Å². The molecule has 0 bridgehead atoms. The van der Waals surface area contributed by atoms with E-state index in [1.807, 2.05) is 0 Å². The summed E-state index contributed by atoms with van der Waals surface area (Å²) >= 11 is 0. The lowest BCUT2D eigenvalue weighted by Gasteiger charge is -2.29. The summed E-state index contributed by atoms with van der Waals surface area (Å²) in [5.74, 6) is 0.670. The predicted molar refractivity (Wildman–Crippen MR) is 238 cm³/mol. The van der Waals surface area contributed by atoms with Crippen molar-refractivity contribution in [2.24, 2.45) is 0 Å². The summed E-state index contributed by atoms with van der Waals surface area (Å²) in [5.41, 5.74) is 21.0. The fourth-order valence-corrected chi connectivity index (χ4v) is 10.5. The van der Waals surface area contributed by atoms with Crippen molar-refractivity contribution in [1.29, 1.82) is 0 Å². The van der Waals surface area contributed by atoms with E-state index in [-0.39, 0.29) is 10.8 Å². The van der Waals surface area contributed by atoms with Crippen molar-refractivity contribution in [3.05, 3.63) is 186 Å². The van der Waals surface area contributed by atoms with E-state index in [0.717, 1.165) is 0 Å². The molecule has 0 saturated heterocycles. The quantitative estimate of drug-likeness (QED) is 0.154. The van der Waals surface area contributed by atoms with Gasteiger partial charge in [0.15, 0.2) is 0 Å². The van der Waals surface area contributed by atoms with E-state index in [9.17, 15) is 0 Å². The van der Waals surface area contributed by atoms with Crippen LogP contribution in [0.15, 0.2) is 158 Å². The molecule has 0 spiro atoms. The molecule has 0 radical (unpaired) electrons. The largest absolute Gasteiger partial charge is 0.310 e. The second kappa shape index (κ2) is 13.5. The van der Waals surface area contributed by atoms with Gasteiger partial charge in [-0.1, -0.05) is 169 Å². The number of rotatable bonds is 6. The van der Waals surface area contributed by atoms with Crippen LogP contribution in [0, 0.1) is 0 Å². The highest BCUT2D eigenvalue weighted by atomic mass is 15.1. The SMILES string of the molecule is CC1(C)c2ccc(-c3cccc4c3-c3ccccc3C4(C)C)cc2-c2ccc(N(c3ccc(C4CCCCCC4)cc3)c3cccc(-c4ccccc4)c3)cc21. The Morgan fingerprint density at radius 2 is 1.02 bits per heavy atom. The molecule has 0 N–H and O–H groups in total. The van der Waals surface area contributed by atoms with Crippen molar-refractivity contribution in [1.82, 2.24) is 0 Å². The van der Waals surface area contributed by atoms with Crippen LogP contribution in [-0.4, -0.2) is 0 Å². The second-order valence-electron chi connectivity index (χ2n) is 17.5. The topological polar surface area (TPSA) is 3.24 Å². The van der Waals surface area contributed by atoms with E-state index in [4.69, 9.17) is 0 Å².